The quantitative estimate of drug-likeness (QED) is 0.583. The number of fused-ring (bicyclic) bond motifs is 1. The normalized spacial score (nSPS) is 21.0. The van der Waals surface area contributed by atoms with Gasteiger partial charge in [0.1, 0.15) is 5.60 Å². The summed E-state index contributed by atoms with van der Waals surface area (Å²) in [5.74, 6) is 0.573. The van der Waals surface area contributed by atoms with Crippen LogP contribution in [0.25, 0.3) is 10.9 Å². The molecule has 27 heavy (non-hydrogen) atoms. The minimum absolute atomic E-state index is 0.326. The molecule has 1 aromatic heterocycles. The summed E-state index contributed by atoms with van der Waals surface area (Å²) in [6.07, 6.45) is 7.04. The van der Waals surface area contributed by atoms with Crippen molar-refractivity contribution in [2.45, 2.75) is 52.7 Å². The zero-order valence-electron chi connectivity index (χ0n) is 17.0. The zero-order chi connectivity index (χ0) is 19.9. The van der Waals surface area contributed by atoms with Crippen LogP contribution in [0, 0.1) is 12.8 Å². The van der Waals surface area contributed by atoms with E-state index in [4.69, 9.17) is 4.74 Å². The van der Waals surface area contributed by atoms with Crippen molar-refractivity contribution in [3.05, 3.63) is 46.1 Å². The number of ether oxygens (including phenoxy) is 1. The molecule has 0 spiro atoms. The third kappa shape index (κ3) is 4.46. The average molecular weight is 433 g/mol. The van der Waals surface area contributed by atoms with Crippen molar-refractivity contribution >= 4 is 32.9 Å². The molecule has 2 heterocycles. The average Bonchev–Trinajstić information content (AvgIpc) is 2.87. The maximum Gasteiger partial charge on any atom is 0.419 e. The van der Waals surface area contributed by atoms with Crippen molar-refractivity contribution in [1.82, 2.24) is 9.47 Å². The standard InChI is InChI=1S/C22H29BrN2O2/c1-14-7-8-17(24(6)12-14)11-16-13-25(21(26)27-22(3,4)5)19-10-15(2)9-18(23)20(16)19/h7-10,13-14,17H,11-12H2,1-6H3/t14-,17+/m1/s1. The summed E-state index contributed by atoms with van der Waals surface area (Å²) in [5, 5.41) is 1.09. The van der Waals surface area contributed by atoms with Gasteiger partial charge in [-0.15, -0.1) is 0 Å². The zero-order valence-corrected chi connectivity index (χ0v) is 18.6. The van der Waals surface area contributed by atoms with Crippen molar-refractivity contribution in [1.29, 1.82) is 0 Å². The van der Waals surface area contributed by atoms with Crippen LogP contribution in [-0.2, 0) is 11.2 Å². The molecule has 0 unspecified atom stereocenters. The maximum atomic E-state index is 12.8. The third-order valence-corrected chi connectivity index (χ3v) is 5.53. The number of carbonyl (C=O) groups is 1. The van der Waals surface area contributed by atoms with Crippen molar-refractivity contribution < 1.29 is 9.53 Å². The molecule has 0 aliphatic carbocycles. The van der Waals surface area contributed by atoms with Gasteiger partial charge < -0.3 is 4.74 Å². The van der Waals surface area contributed by atoms with Gasteiger partial charge in [-0.1, -0.05) is 35.0 Å². The first kappa shape index (κ1) is 20.2. The number of aromatic nitrogens is 1. The minimum Gasteiger partial charge on any atom is -0.443 e. The van der Waals surface area contributed by atoms with Gasteiger partial charge in [-0.05, 0) is 70.3 Å². The van der Waals surface area contributed by atoms with Gasteiger partial charge in [0, 0.05) is 28.6 Å². The van der Waals surface area contributed by atoms with E-state index in [1.807, 2.05) is 33.9 Å². The van der Waals surface area contributed by atoms with Crippen LogP contribution in [0.1, 0.15) is 38.8 Å². The van der Waals surface area contributed by atoms with Gasteiger partial charge in [0.2, 0.25) is 0 Å². The van der Waals surface area contributed by atoms with Gasteiger partial charge in [-0.2, -0.15) is 0 Å². The maximum absolute atomic E-state index is 12.8. The summed E-state index contributed by atoms with van der Waals surface area (Å²) in [4.78, 5) is 15.2. The van der Waals surface area contributed by atoms with Crippen LogP contribution in [0.2, 0.25) is 0 Å². The Kier molecular flexibility index (Phi) is 5.55. The molecule has 1 aromatic carbocycles. The van der Waals surface area contributed by atoms with E-state index in [2.05, 4.69) is 59.1 Å². The number of likely N-dealkylation sites (N-methyl/N-ethyl adjacent to an activating group) is 1. The number of hydrogen-bond acceptors (Lipinski definition) is 3. The molecule has 146 valence electrons. The van der Waals surface area contributed by atoms with Gasteiger partial charge in [0.05, 0.1) is 5.52 Å². The van der Waals surface area contributed by atoms with Crippen LogP contribution in [0.3, 0.4) is 0 Å². The summed E-state index contributed by atoms with van der Waals surface area (Å²) in [6.45, 7) is 11.0. The number of rotatable bonds is 2. The molecule has 0 saturated carbocycles. The lowest BCUT2D eigenvalue weighted by molar-refractivity contribution is 0.0544. The molecule has 3 rings (SSSR count). The van der Waals surface area contributed by atoms with E-state index in [1.165, 1.54) is 0 Å². The molecule has 0 N–H and O–H groups in total. The Labute approximate surface area is 170 Å². The first-order valence-corrected chi connectivity index (χ1v) is 10.3. The van der Waals surface area contributed by atoms with E-state index in [0.29, 0.717) is 12.0 Å². The first-order valence-electron chi connectivity index (χ1n) is 9.47. The number of carbonyl (C=O) groups excluding carboxylic acids is 1. The highest BCUT2D eigenvalue weighted by Crippen LogP contribution is 2.33. The van der Waals surface area contributed by atoms with Crippen LogP contribution in [0.5, 0.6) is 0 Å². The predicted molar refractivity (Wildman–Crippen MR) is 114 cm³/mol. The molecular formula is C22H29BrN2O2. The van der Waals surface area contributed by atoms with Gasteiger partial charge in [0.25, 0.3) is 0 Å². The molecule has 5 heteroatoms. The summed E-state index contributed by atoms with van der Waals surface area (Å²) in [5.41, 5.74) is 2.62. The summed E-state index contributed by atoms with van der Waals surface area (Å²) in [6, 6.07) is 4.48. The van der Waals surface area contributed by atoms with E-state index in [-0.39, 0.29) is 6.09 Å². The van der Waals surface area contributed by atoms with Gasteiger partial charge in [-0.25, -0.2) is 4.79 Å². The Bertz CT molecular complexity index is 892. The number of nitrogens with zero attached hydrogens (tertiary/aromatic N) is 2. The molecule has 2 atom stereocenters. The van der Waals surface area contributed by atoms with Crippen LogP contribution < -0.4 is 0 Å². The number of hydrogen-bond donors (Lipinski definition) is 0. The molecule has 0 amide bonds. The van der Waals surface area contributed by atoms with E-state index in [0.717, 1.165) is 39.5 Å². The minimum atomic E-state index is -0.530. The second-order valence-electron chi connectivity index (χ2n) is 8.72. The second-order valence-corrected chi connectivity index (χ2v) is 9.57. The van der Waals surface area contributed by atoms with E-state index in [9.17, 15) is 4.79 Å². The highest BCUT2D eigenvalue weighted by atomic mass is 79.9. The van der Waals surface area contributed by atoms with Crippen molar-refractivity contribution in [2.75, 3.05) is 13.6 Å². The van der Waals surface area contributed by atoms with Crippen molar-refractivity contribution in [3.8, 4) is 0 Å². The molecule has 0 saturated heterocycles. The van der Waals surface area contributed by atoms with E-state index < -0.39 is 5.60 Å². The number of aryl methyl sites for hydroxylation is 1. The summed E-state index contributed by atoms with van der Waals surface area (Å²) < 4.78 is 8.31. The molecule has 4 nitrogen and oxygen atoms in total. The Hall–Kier alpha value is -1.59. The Morgan fingerprint density at radius 3 is 2.63 bits per heavy atom. The molecule has 0 fully saturated rings. The largest absolute Gasteiger partial charge is 0.443 e. The monoisotopic (exact) mass is 432 g/mol. The SMILES string of the molecule is Cc1cc(Br)c2c(C[C@@H]3C=C[C@@H](C)CN3C)cn(C(=O)OC(C)(C)C)c2c1. The number of halogens is 1. The topological polar surface area (TPSA) is 34.5 Å². The molecule has 0 bridgehead atoms. The molecule has 1 aliphatic heterocycles. The Morgan fingerprint density at radius 2 is 2.00 bits per heavy atom. The fourth-order valence-electron chi connectivity index (χ4n) is 3.70. The van der Waals surface area contributed by atoms with Crippen molar-refractivity contribution in [2.24, 2.45) is 5.92 Å². The summed E-state index contributed by atoms with van der Waals surface area (Å²) in [7, 11) is 2.16. The highest BCUT2D eigenvalue weighted by Gasteiger charge is 2.25. The lowest BCUT2D eigenvalue weighted by Gasteiger charge is -2.31. The fourth-order valence-corrected chi connectivity index (χ4v) is 4.52. The first-order chi connectivity index (χ1) is 12.5. The molecular weight excluding hydrogens is 404 g/mol. The predicted octanol–water partition coefficient (Wildman–Crippen LogP) is 5.54. The van der Waals surface area contributed by atoms with Crippen molar-refractivity contribution in [3.63, 3.8) is 0 Å². The van der Waals surface area contributed by atoms with Crippen LogP contribution in [0.15, 0.2) is 35.0 Å². The molecule has 0 radical (unpaired) electrons. The highest BCUT2D eigenvalue weighted by molar-refractivity contribution is 9.10. The lowest BCUT2D eigenvalue weighted by atomic mass is 9.97. The van der Waals surface area contributed by atoms with Crippen LogP contribution >= 0.6 is 15.9 Å². The summed E-state index contributed by atoms with van der Waals surface area (Å²) >= 11 is 3.71. The third-order valence-electron chi connectivity index (χ3n) is 4.90. The fraction of sp³-hybridized carbons (Fsp3) is 0.500. The van der Waals surface area contributed by atoms with Gasteiger partial charge in [-0.3, -0.25) is 9.47 Å². The number of benzene rings is 1. The van der Waals surface area contributed by atoms with E-state index in [1.54, 1.807) is 4.57 Å². The Balaban J connectivity index is 2.05. The van der Waals surface area contributed by atoms with Gasteiger partial charge >= 0.3 is 6.09 Å². The second kappa shape index (κ2) is 7.44. The van der Waals surface area contributed by atoms with Crippen LogP contribution in [0.4, 0.5) is 4.79 Å². The van der Waals surface area contributed by atoms with E-state index >= 15 is 0 Å². The molecule has 2 aromatic rings. The van der Waals surface area contributed by atoms with Gasteiger partial charge in [0.15, 0.2) is 0 Å². The van der Waals surface area contributed by atoms with Crippen LogP contribution in [-0.4, -0.2) is 40.8 Å². The smallest absolute Gasteiger partial charge is 0.419 e. The Morgan fingerprint density at radius 1 is 1.30 bits per heavy atom. The lowest BCUT2D eigenvalue weighted by Crippen LogP contribution is -2.37. The molecule has 1 aliphatic rings.